The van der Waals surface area contributed by atoms with Gasteiger partial charge in [0.2, 0.25) is 0 Å². The maximum Gasteiger partial charge on any atom is 0.312 e. The van der Waals surface area contributed by atoms with Crippen LogP contribution in [0.5, 0.6) is 0 Å². The van der Waals surface area contributed by atoms with Crippen LogP contribution in [0.4, 0.5) is 0 Å². The number of carbonyl (C=O) groups excluding carboxylic acids is 4. The normalized spacial score (nSPS) is 44.1. The smallest absolute Gasteiger partial charge is 0.312 e. The first-order chi connectivity index (χ1) is 21.4. The highest BCUT2D eigenvalue weighted by Crippen LogP contribution is 2.76. The van der Waals surface area contributed by atoms with Crippen molar-refractivity contribution in [2.75, 3.05) is 20.3 Å². The van der Waals surface area contributed by atoms with Gasteiger partial charge in [0.1, 0.15) is 19.3 Å². The molecule has 0 saturated heterocycles. The summed E-state index contributed by atoms with van der Waals surface area (Å²) in [5, 5.41) is 12.2. The molecule has 0 aliphatic heterocycles. The molecule has 46 heavy (non-hydrogen) atoms. The molecule has 0 aromatic rings. The van der Waals surface area contributed by atoms with E-state index < -0.39 is 40.4 Å². The summed E-state index contributed by atoms with van der Waals surface area (Å²) >= 11 is 0. The minimum atomic E-state index is -1.06. The van der Waals surface area contributed by atoms with Gasteiger partial charge in [-0.25, -0.2) is 0 Å². The van der Waals surface area contributed by atoms with Gasteiger partial charge in [-0.1, -0.05) is 39.3 Å². The highest BCUT2D eigenvalue weighted by Gasteiger charge is 2.72. The third kappa shape index (κ3) is 4.87. The van der Waals surface area contributed by atoms with Crippen LogP contribution in [0.2, 0.25) is 0 Å². The Morgan fingerprint density at radius 1 is 0.826 bits per heavy atom. The molecule has 0 spiro atoms. The Hall–Kier alpha value is -2.42. The Morgan fingerprint density at radius 2 is 1.46 bits per heavy atom. The Bertz CT molecular complexity index is 1280. The molecule has 5 aliphatic rings. The Balaban J connectivity index is 1.63. The largest absolute Gasteiger partial charge is 0.469 e. The second-order valence-electron chi connectivity index (χ2n) is 16.5. The van der Waals surface area contributed by atoms with E-state index in [9.17, 15) is 24.3 Å². The molecule has 0 bridgehead atoms. The van der Waals surface area contributed by atoms with Crippen molar-refractivity contribution in [3.63, 3.8) is 0 Å². The molecule has 0 unspecified atom stereocenters. The summed E-state index contributed by atoms with van der Waals surface area (Å²) in [5.74, 6) is -1.60. The van der Waals surface area contributed by atoms with Gasteiger partial charge in [-0.2, -0.15) is 0 Å². The lowest BCUT2D eigenvalue weighted by Crippen LogP contribution is -2.69. The lowest BCUT2D eigenvalue weighted by Gasteiger charge is -2.72. The summed E-state index contributed by atoms with van der Waals surface area (Å²) in [4.78, 5) is 50.4. The zero-order chi connectivity index (χ0) is 34.1. The monoisotopic (exact) mass is 644 g/mol. The average Bonchev–Trinajstić information content (AvgIpc) is 2.97. The fourth-order valence-corrected chi connectivity index (χ4v) is 11.9. The summed E-state index contributed by atoms with van der Waals surface area (Å²) in [6.07, 6.45) is 8.55. The highest BCUT2D eigenvalue weighted by atomic mass is 16.6. The number of esters is 4. The summed E-state index contributed by atoms with van der Waals surface area (Å²) in [5.41, 5.74) is -2.17. The average molecular weight is 645 g/mol. The molecule has 0 aromatic heterocycles. The SMILES string of the molecule is COC(=O)[C@]12CC[C@@H](C)[C@@](C)(O)[C@H]1C1=CC[C@@H]3[C@@]4(C)CC[C@H](OC(C)=O)C(COC(C)=O)(COC(C)=O)[C@@H]4CC[C@@]3(C)[C@]1(C)CC2. The number of methoxy groups -OCH3 is 1. The molecule has 0 amide bonds. The van der Waals surface area contributed by atoms with E-state index in [1.165, 1.54) is 33.5 Å². The molecule has 5 rings (SSSR count). The minimum Gasteiger partial charge on any atom is -0.469 e. The van der Waals surface area contributed by atoms with Gasteiger partial charge in [-0.15, -0.1) is 0 Å². The number of hydrogen-bond donors (Lipinski definition) is 1. The number of ether oxygens (including phenoxy) is 4. The standard InChI is InChI=1S/C37H56O9/c1-22-12-17-36(31(41)43-9)19-18-33(6)26(30(36)35(22,8)42)10-11-27-32(5)15-14-29(46-25(4)40)37(20-44-23(2)38,21-45-24(3)39)28(32)13-16-34(27,33)7/h10,22,27-30,42H,11-21H2,1-9H3/t22-,27-,28-,29+,30-,32-,33-,34-,35-,36+/m1/s1. The topological polar surface area (TPSA) is 125 Å². The Labute approximate surface area is 274 Å². The number of fused-ring (bicyclic) bond motifs is 7. The van der Waals surface area contributed by atoms with Gasteiger partial charge < -0.3 is 24.1 Å². The van der Waals surface area contributed by atoms with E-state index in [1.54, 1.807) is 0 Å². The molecule has 5 aliphatic carbocycles. The van der Waals surface area contributed by atoms with Crippen LogP contribution in [0.3, 0.4) is 0 Å². The van der Waals surface area contributed by atoms with E-state index in [0.717, 1.165) is 38.5 Å². The lowest BCUT2D eigenvalue weighted by atomic mass is 9.33. The number of rotatable bonds is 6. The van der Waals surface area contributed by atoms with E-state index in [2.05, 4.69) is 33.8 Å². The molecule has 258 valence electrons. The van der Waals surface area contributed by atoms with Crippen molar-refractivity contribution in [1.82, 2.24) is 0 Å². The van der Waals surface area contributed by atoms with Gasteiger partial charge in [-0.3, -0.25) is 19.2 Å². The number of hydrogen-bond acceptors (Lipinski definition) is 9. The first-order valence-electron chi connectivity index (χ1n) is 17.3. The third-order valence-corrected chi connectivity index (χ3v) is 14.6. The fraction of sp³-hybridized carbons (Fsp3) is 0.838. The van der Waals surface area contributed by atoms with Crippen molar-refractivity contribution >= 4 is 23.9 Å². The van der Waals surface area contributed by atoms with Crippen LogP contribution in [-0.4, -0.2) is 61.0 Å². The molecule has 0 radical (unpaired) electrons. The van der Waals surface area contributed by atoms with Crippen LogP contribution >= 0.6 is 0 Å². The quantitative estimate of drug-likeness (QED) is 0.212. The van der Waals surface area contributed by atoms with Crippen LogP contribution in [0.1, 0.15) is 113 Å². The molecule has 0 aromatic carbocycles. The summed E-state index contributed by atoms with van der Waals surface area (Å²) < 4.78 is 22.9. The minimum absolute atomic E-state index is 0.0000863. The van der Waals surface area contributed by atoms with Crippen molar-refractivity contribution in [2.45, 2.75) is 125 Å². The molecule has 10 atom stereocenters. The predicted octanol–water partition coefficient (Wildman–Crippen LogP) is 5.95. The first kappa shape index (κ1) is 34.9. The van der Waals surface area contributed by atoms with E-state index in [0.29, 0.717) is 19.3 Å². The zero-order valence-electron chi connectivity index (χ0n) is 29.5. The van der Waals surface area contributed by atoms with Gasteiger partial charge in [0.05, 0.1) is 23.5 Å². The fourth-order valence-electron chi connectivity index (χ4n) is 11.9. The van der Waals surface area contributed by atoms with E-state index in [1.807, 2.05) is 6.92 Å². The van der Waals surface area contributed by atoms with Gasteiger partial charge in [-0.05, 0) is 98.7 Å². The molecule has 4 saturated carbocycles. The molecule has 4 fully saturated rings. The maximum absolute atomic E-state index is 13.6. The highest BCUT2D eigenvalue weighted by molar-refractivity contribution is 5.79. The van der Waals surface area contributed by atoms with Crippen molar-refractivity contribution < 1.29 is 43.2 Å². The van der Waals surface area contributed by atoms with Crippen LogP contribution in [-0.2, 0) is 38.1 Å². The maximum atomic E-state index is 13.6. The molecule has 0 heterocycles. The molecule has 1 N–H and O–H groups in total. The number of carbonyl (C=O) groups is 4. The van der Waals surface area contributed by atoms with Gasteiger partial charge >= 0.3 is 23.9 Å². The van der Waals surface area contributed by atoms with Crippen molar-refractivity contribution in [3.05, 3.63) is 11.6 Å². The second-order valence-corrected chi connectivity index (χ2v) is 16.5. The Morgan fingerprint density at radius 3 is 2.02 bits per heavy atom. The summed E-state index contributed by atoms with van der Waals surface area (Å²) in [7, 11) is 1.47. The third-order valence-electron chi connectivity index (χ3n) is 14.6. The zero-order valence-corrected chi connectivity index (χ0v) is 29.5. The van der Waals surface area contributed by atoms with E-state index in [-0.39, 0.29) is 59.1 Å². The number of allylic oxidation sites excluding steroid dienone is 1. The van der Waals surface area contributed by atoms with Crippen LogP contribution in [0.15, 0.2) is 11.6 Å². The molecular weight excluding hydrogens is 588 g/mol. The lowest BCUT2D eigenvalue weighted by molar-refractivity contribution is -0.244. The van der Waals surface area contributed by atoms with Crippen molar-refractivity contribution in [3.8, 4) is 0 Å². The molecule has 9 heteroatoms. The van der Waals surface area contributed by atoms with Crippen molar-refractivity contribution in [2.24, 2.45) is 50.7 Å². The van der Waals surface area contributed by atoms with Gasteiger partial charge in [0.25, 0.3) is 0 Å². The van der Waals surface area contributed by atoms with Gasteiger partial charge in [0.15, 0.2) is 0 Å². The van der Waals surface area contributed by atoms with Crippen LogP contribution in [0.25, 0.3) is 0 Å². The summed E-state index contributed by atoms with van der Waals surface area (Å²) in [6, 6.07) is 0. The predicted molar refractivity (Wildman–Crippen MR) is 170 cm³/mol. The number of aliphatic hydroxyl groups is 1. The van der Waals surface area contributed by atoms with Crippen LogP contribution in [0, 0.1) is 50.7 Å². The first-order valence-corrected chi connectivity index (χ1v) is 17.3. The summed E-state index contributed by atoms with van der Waals surface area (Å²) in [6.45, 7) is 15.3. The second kappa shape index (κ2) is 11.6. The molecular formula is C37H56O9. The van der Waals surface area contributed by atoms with E-state index in [4.69, 9.17) is 18.9 Å². The van der Waals surface area contributed by atoms with Gasteiger partial charge in [0, 0.05) is 26.7 Å². The van der Waals surface area contributed by atoms with E-state index >= 15 is 0 Å². The Kier molecular flexibility index (Phi) is 8.82. The molecule has 9 nitrogen and oxygen atoms in total. The van der Waals surface area contributed by atoms with Crippen LogP contribution < -0.4 is 0 Å². The van der Waals surface area contributed by atoms with Crippen molar-refractivity contribution in [1.29, 1.82) is 0 Å².